The van der Waals surface area contributed by atoms with Gasteiger partial charge in [-0.1, -0.05) is 60.5 Å². The van der Waals surface area contributed by atoms with Crippen molar-refractivity contribution in [2.24, 2.45) is 0 Å². The number of nitrogens with two attached hydrogens (primary N) is 1. The maximum atomic E-state index is 12.8. The number of carbonyl (C=O) groups excluding carboxylic acids is 2. The van der Waals surface area contributed by atoms with Gasteiger partial charge in [-0.3, -0.25) is 9.59 Å². The zero-order chi connectivity index (χ0) is 23.7. The van der Waals surface area contributed by atoms with E-state index < -0.39 is 0 Å². The minimum Gasteiger partial charge on any atom is -0.383 e. The van der Waals surface area contributed by atoms with Gasteiger partial charge in [-0.15, -0.1) is 0 Å². The number of nitrogens with zero attached hydrogens (tertiary/aromatic N) is 4. The Morgan fingerprint density at radius 3 is 2.44 bits per heavy atom. The molecule has 1 aliphatic rings. The first-order valence-corrected chi connectivity index (χ1v) is 11.0. The summed E-state index contributed by atoms with van der Waals surface area (Å²) in [6, 6.07) is 16.6. The summed E-state index contributed by atoms with van der Waals surface area (Å²) < 4.78 is 1.86. The van der Waals surface area contributed by atoms with Gasteiger partial charge in [0, 0.05) is 22.7 Å². The number of carbonyl (C=O) groups is 2. The molecule has 2 heterocycles. The molecule has 1 fully saturated rings. The van der Waals surface area contributed by atoms with E-state index in [-0.39, 0.29) is 23.8 Å². The van der Waals surface area contributed by atoms with Crippen molar-refractivity contribution in [2.45, 2.75) is 31.8 Å². The molecule has 4 aromatic rings. The molecular formula is C26H22N6O2. The SMILES string of the molecule is CC#CC(=O)N[C@H]1C[C@@H](n2nc(-c3ccc(C(=O)c4ccccc4)cc3)c3c(N)ncnc32)C1. The lowest BCUT2D eigenvalue weighted by molar-refractivity contribution is -0.117. The lowest BCUT2D eigenvalue weighted by atomic mass is 9.87. The molecule has 168 valence electrons. The van der Waals surface area contributed by atoms with Crippen molar-refractivity contribution in [3.63, 3.8) is 0 Å². The van der Waals surface area contributed by atoms with Crippen molar-refractivity contribution in [1.29, 1.82) is 0 Å². The largest absolute Gasteiger partial charge is 0.383 e. The number of ketones is 1. The molecule has 0 aliphatic heterocycles. The quantitative estimate of drug-likeness (QED) is 0.356. The molecule has 3 N–H and O–H groups in total. The van der Waals surface area contributed by atoms with E-state index in [1.165, 1.54) is 6.33 Å². The van der Waals surface area contributed by atoms with Crippen LogP contribution >= 0.6 is 0 Å². The summed E-state index contributed by atoms with van der Waals surface area (Å²) >= 11 is 0. The van der Waals surface area contributed by atoms with Crippen LogP contribution in [0.4, 0.5) is 5.82 Å². The van der Waals surface area contributed by atoms with Crippen LogP contribution in [0.5, 0.6) is 0 Å². The number of anilines is 1. The van der Waals surface area contributed by atoms with Crippen LogP contribution in [0.25, 0.3) is 22.3 Å². The van der Waals surface area contributed by atoms with Gasteiger partial charge in [0.25, 0.3) is 5.91 Å². The molecule has 0 atom stereocenters. The number of amides is 1. The Balaban J connectivity index is 1.44. The lowest BCUT2D eigenvalue weighted by Crippen LogP contribution is -2.44. The van der Waals surface area contributed by atoms with Gasteiger partial charge in [0.2, 0.25) is 0 Å². The normalized spacial score (nSPS) is 16.9. The fourth-order valence-electron chi connectivity index (χ4n) is 4.23. The van der Waals surface area contributed by atoms with Crippen molar-refractivity contribution < 1.29 is 9.59 Å². The van der Waals surface area contributed by atoms with Crippen molar-refractivity contribution in [2.75, 3.05) is 5.73 Å². The number of hydrogen-bond acceptors (Lipinski definition) is 6. The molecule has 0 spiro atoms. The van der Waals surface area contributed by atoms with Crippen LogP contribution in [0.3, 0.4) is 0 Å². The van der Waals surface area contributed by atoms with Crippen molar-refractivity contribution >= 4 is 28.5 Å². The summed E-state index contributed by atoms with van der Waals surface area (Å²) in [5.74, 6) is 5.14. The minimum atomic E-state index is -0.270. The fraction of sp³-hybridized carbons (Fsp3) is 0.192. The number of rotatable bonds is 5. The topological polar surface area (TPSA) is 116 Å². The van der Waals surface area contributed by atoms with E-state index in [0.29, 0.717) is 33.7 Å². The third kappa shape index (κ3) is 3.88. The third-order valence-electron chi connectivity index (χ3n) is 6.01. The van der Waals surface area contributed by atoms with Crippen LogP contribution in [-0.2, 0) is 4.79 Å². The number of fused-ring (bicyclic) bond motifs is 1. The molecule has 34 heavy (non-hydrogen) atoms. The second-order valence-electron chi connectivity index (χ2n) is 8.19. The van der Waals surface area contributed by atoms with E-state index in [1.807, 2.05) is 35.0 Å². The predicted molar refractivity (Wildman–Crippen MR) is 129 cm³/mol. The molecule has 1 aliphatic carbocycles. The summed E-state index contributed by atoms with van der Waals surface area (Å²) in [5, 5.41) is 8.41. The monoisotopic (exact) mass is 450 g/mol. The molecule has 0 unspecified atom stereocenters. The van der Waals surface area contributed by atoms with Crippen LogP contribution in [0, 0.1) is 11.8 Å². The summed E-state index contributed by atoms with van der Waals surface area (Å²) in [6.07, 6.45) is 2.87. The van der Waals surface area contributed by atoms with E-state index in [9.17, 15) is 9.59 Å². The summed E-state index contributed by atoms with van der Waals surface area (Å²) in [6.45, 7) is 1.63. The van der Waals surface area contributed by atoms with Crippen molar-refractivity contribution in [1.82, 2.24) is 25.1 Å². The maximum absolute atomic E-state index is 12.8. The third-order valence-corrected chi connectivity index (χ3v) is 6.01. The van der Waals surface area contributed by atoms with Crippen LogP contribution < -0.4 is 11.1 Å². The number of benzene rings is 2. The van der Waals surface area contributed by atoms with Gasteiger partial charge in [-0.2, -0.15) is 5.10 Å². The molecule has 0 saturated heterocycles. The summed E-state index contributed by atoms with van der Waals surface area (Å²) in [7, 11) is 0. The zero-order valence-corrected chi connectivity index (χ0v) is 18.5. The molecule has 0 bridgehead atoms. The van der Waals surface area contributed by atoms with Crippen molar-refractivity contribution in [3.8, 4) is 23.1 Å². The van der Waals surface area contributed by atoms with E-state index in [0.717, 1.165) is 18.4 Å². The van der Waals surface area contributed by atoms with Gasteiger partial charge in [0.05, 0.1) is 11.4 Å². The number of aromatic nitrogens is 4. The average molecular weight is 451 g/mol. The Kier molecular flexibility index (Phi) is 5.52. The smallest absolute Gasteiger partial charge is 0.296 e. The Labute approximate surface area is 196 Å². The van der Waals surface area contributed by atoms with E-state index >= 15 is 0 Å². The molecule has 2 aromatic carbocycles. The van der Waals surface area contributed by atoms with E-state index in [2.05, 4.69) is 27.1 Å². The summed E-state index contributed by atoms with van der Waals surface area (Å²) in [5.41, 5.74) is 9.58. The van der Waals surface area contributed by atoms with Crippen LogP contribution in [0.2, 0.25) is 0 Å². The first kappa shape index (κ1) is 21.3. The van der Waals surface area contributed by atoms with E-state index in [4.69, 9.17) is 10.8 Å². The number of hydrogen-bond donors (Lipinski definition) is 2. The first-order chi connectivity index (χ1) is 16.5. The van der Waals surface area contributed by atoms with Crippen molar-refractivity contribution in [3.05, 3.63) is 72.1 Å². The zero-order valence-electron chi connectivity index (χ0n) is 18.5. The molecular weight excluding hydrogens is 428 g/mol. The molecule has 1 amide bonds. The Morgan fingerprint density at radius 1 is 1.03 bits per heavy atom. The molecule has 8 nitrogen and oxygen atoms in total. The maximum Gasteiger partial charge on any atom is 0.296 e. The van der Waals surface area contributed by atoms with Crippen LogP contribution in [-0.4, -0.2) is 37.5 Å². The highest BCUT2D eigenvalue weighted by molar-refractivity contribution is 6.09. The van der Waals surface area contributed by atoms with Gasteiger partial charge >= 0.3 is 0 Å². The summed E-state index contributed by atoms with van der Waals surface area (Å²) in [4.78, 5) is 33.1. The minimum absolute atomic E-state index is 0.0410. The molecule has 0 radical (unpaired) electrons. The molecule has 2 aromatic heterocycles. The fourth-order valence-corrected chi connectivity index (χ4v) is 4.23. The standard InChI is InChI=1S/C26H22N6O2/c1-2-6-21(33)30-19-13-20(14-19)32-26-22(25(27)28-15-29-26)23(31-32)16-9-11-18(12-10-16)24(34)17-7-4-3-5-8-17/h3-5,7-12,15,19-20H,13-14H2,1H3,(H,30,33)(H2,27,28,29)/t19-,20+. The Morgan fingerprint density at radius 2 is 1.74 bits per heavy atom. The second kappa shape index (κ2) is 8.79. The Bertz CT molecular complexity index is 1440. The van der Waals surface area contributed by atoms with Crippen LogP contribution in [0.1, 0.15) is 41.7 Å². The predicted octanol–water partition coefficient (Wildman–Crippen LogP) is 3.15. The Hall–Kier alpha value is -4.51. The molecule has 1 saturated carbocycles. The highest BCUT2D eigenvalue weighted by atomic mass is 16.1. The number of nitrogens with one attached hydrogen (secondary N) is 1. The highest BCUT2D eigenvalue weighted by Gasteiger charge is 2.34. The first-order valence-electron chi connectivity index (χ1n) is 11.0. The number of nitrogen functional groups attached to an aromatic ring is 1. The van der Waals surface area contributed by atoms with Gasteiger partial charge in [-0.05, 0) is 25.7 Å². The van der Waals surface area contributed by atoms with Gasteiger partial charge < -0.3 is 11.1 Å². The van der Waals surface area contributed by atoms with Gasteiger partial charge in [0.15, 0.2) is 11.4 Å². The molecule has 8 heteroatoms. The van der Waals surface area contributed by atoms with Crippen LogP contribution in [0.15, 0.2) is 60.9 Å². The molecule has 5 rings (SSSR count). The average Bonchev–Trinajstić information content (AvgIpc) is 3.22. The van der Waals surface area contributed by atoms with Gasteiger partial charge in [-0.25, -0.2) is 14.6 Å². The van der Waals surface area contributed by atoms with E-state index in [1.54, 1.807) is 31.2 Å². The lowest BCUT2D eigenvalue weighted by Gasteiger charge is -2.35. The highest BCUT2D eigenvalue weighted by Crippen LogP contribution is 2.38. The second-order valence-corrected chi connectivity index (χ2v) is 8.19. The van der Waals surface area contributed by atoms with Gasteiger partial charge in [0.1, 0.15) is 17.8 Å².